The Morgan fingerprint density at radius 2 is 2.50 bits per heavy atom. The van der Waals surface area contributed by atoms with Crippen molar-refractivity contribution >= 4 is 5.90 Å². The molecule has 3 heteroatoms. The molecule has 3 nitrogen and oxygen atoms in total. The molecule has 1 aliphatic rings. The quantitative estimate of drug-likeness (QED) is 0.541. The van der Waals surface area contributed by atoms with Crippen LogP contribution in [-0.4, -0.2) is 18.5 Å². The first-order chi connectivity index (χ1) is 4.74. The molecule has 0 N–H and O–H groups in total. The van der Waals surface area contributed by atoms with Crippen molar-refractivity contribution in [1.29, 1.82) is 5.26 Å². The number of aliphatic imine (C=N–C) groups is 1. The number of rotatable bonds is 1. The lowest BCUT2D eigenvalue weighted by atomic mass is 10.2. The molecule has 1 rings (SSSR count). The highest BCUT2D eigenvalue weighted by Crippen LogP contribution is 2.09. The lowest BCUT2D eigenvalue weighted by molar-refractivity contribution is 0.315. The summed E-state index contributed by atoms with van der Waals surface area (Å²) in [6, 6.07) is 1.77. The molecule has 0 saturated heterocycles. The fourth-order valence-electron chi connectivity index (χ4n) is 0.774. The number of nitriles is 1. The van der Waals surface area contributed by atoms with E-state index in [1.54, 1.807) is 0 Å². The van der Waals surface area contributed by atoms with Gasteiger partial charge in [0.25, 0.3) is 0 Å². The van der Waals surface area contributed by atoms with Crippen molar-refractivity contribution < 1.29 is 4.74 Å². The van der Waals surface area contributed by atoms with E-state index in [1.807, 2.05) is 19.9 Å². The summed E-state index contributed by atoms with van der Waals surface area (Å²) in [5, 5.41) is 8.43. The molecule has 0 radical (unpaired) electrons. The molecule has 0 bridgehead atoms. The number of nitrogens with zero attached hydrogens (tertiary/aromatic N) is 2. The van der Waals surface area contributed by atoms with Gasteiger partial charge in [-0.25, -0.2) is 4.99 Å². The van der Waals surface area contributed by atoms with Crippen molar-refractivity contribution in [2.75, 3.05) is 6.61 Å². The van der Waals surface area contributed by atoms with Crippen LogP contribution in [0.1, 0.15) is 13.8 Å². The van der Waals surface area contributed by atoms with Gasteiger partial charge < -0.3 is 4.74 Å². The van der Waals surface area contributed by atoms with Crippen LogP contribution in [0, 0.1) is 17.2 Å². The van der Waals surface area contributed by atoms with Crippen LogP contribution in [0.3, 0.4) is 0 Å². The van der Waals surface area contributed by atoms with Gasteiger partial charge in [-0.15, -0.1) is 0 Å². The molecule has 0 aromatic rings. The van der Waals surface area contributed by atoms with E-state index in [2.05, 4.69) is 4.99 Å². The van der Waals surface area contributed by atoms with Gasteiger partial charge in [-0.3, -0.25) is 0 Å². The van der Waals surface area contributed by atoms with Gasteiger partial charge in [-0.05, 0) is 0 Å². The fraction of sp³-hybridized carbons (Fsp3) is 0.714. The van der Waals surface area contributed by atoms with E-state index >= 15 is 0 Å². The van der Waals surface area contributed by atoms with Crippen LogP contribution in [0.25, 0.3) is 0 Å². The third kappa shape index (κ3) is 1.27. The highest BCUT2D eigenvalue weighted by molar-refractivity contribution is 5.79. The predicted octanol–water partition coefficient (Wildman–Crippen LogP) is 0.963. The topological polar surface area (TPSA) is 45.4 Å². The van der Waals surface area contributed by atoms with Crippen molar-refractivity contribution in [2.45, 2.75) is 19.9 Å². The first-order valence-corrected chi connectivity index (χ1v) is 3.34. The standard InChI is InChI=1S/C7H10N2O/c1-5(2)7-9-6(3-8)4-10-7/h5-6H,4H2,1-2H3. The van der Waals surface area contributed by atoms with Crippen LogP contribution < -0.4 is 0 Å². The van der Waals surface area contributed by atoms with Crippen LogP contribution >= 0.6 is 0 Å². The number of ether oxygens (including phenoxy) is 1. The second-order valence-corrected chi connectivity index (χ2v) is 2.58. The van der Waals surface area contributed by atoms with E-state index in [-0.39, 0.29) is 6.04 Å². The average molecular weight is 138 g/mol. The van der Waals surface area contributed by atoms with Crippen LogP contribution in [0.4, 0.5) is 0 Å². The van der Waals surface area contributed by atoms with E-state index in [4.69, 9.17) is 10.00 Å². The van der Waals surface area contributed by atoms with E-state index in [0.29, 0.717) is 18.4 Å². The highest BCUT2D eigenvalue weighted by Gasteiger charge is 2.19. The SMILES string of the molecule is CC(C)C1=NC(C#N)CO1. The van der Waals surface area contributed by atoms with Crippen LogP contribution in [0.2, 0.25) is 0 Å². The monoisotopic (exact) mass is 138 g/mol. The van der Waals surface area contributed by atoms with Gasteiger partial charge in [0.2, 0.25) is 0 Å². The smallest absolute Gasteiger partial charge is 0.187 e. The first-order valence-electron chi connectivity index (χ1n) is 3.34. The summed E-state index contributed by atoms with van der Waals surface area (Å²) < 4.78 is 5.15. The summed E-state index contributed by atoms with van der Waals surface area (Å²) in [5.74, 6) is 1.02. The Labute approximate surface area is 60.3 Å². The van der Waals surface area contributed by atoms with E-state index in [0.717, 1.165) is 0 Å². The summed E-state index contributed by atoms with van der Waals surface area (Å²) in [6.45, 7) is 4.43. The van der Waals surface area contributed by atoms with E-state index in [1.165, 1.54) is 0 Å². The van der Waals surface area contributed by atoms with Gasteiger partial charge in [0.05, 0.1) is 6.07 Å². The third-order valence-electron chi connectivity index (χ3n) is 1.32. The van der Waals surface area contributed by atoms with Crippen molar-refractivity contribution in [3.63, 3.8) is 0 Å². The Morgan fingerprint density at radius 1 is 1.80 bits per heavy atom. The van der Waals surface area contributed by atoms with Gasteiger partial charge in [0.1, 0.15) is 6.61 Å². The number of hydrogen-bond acceptors (Lipinski definition) is 3. The molecule has 10 heavy (non-hydrogen) atoms. The summed E-state index contributed by atoms with van der Waals surface area (Å²) in [7, 11) is 0. The lowest BCUT2D eigenvalue weighted by Gasteiger charge is -2.01. The van der Waals surface area contributed by atoms with Gasteiger partial charge in [-0.1, -0.05) is 13.8 Å². The normalized spacial score (nSPS) is 23.8. The zero-order valence-electron chi connectivity index (χ0n) is 6.16. The van der Waals surface area contributed by atoms with Crippen LogP contribution in [0.15, 0.2) is 4.99 Å². The zero-order valence-corrected chi connectivity index (χ0v) is 6.16. The summed E-state index contributed by atoms with van der Waals surface area (Å²) in [5.41, 5.74) is 0. The summed E-state index contributed by atoms with van der Waals surface area (Å²) >= 11 is 0. The molecule has 0 saturated carbocycles. The first kappa shape index (κ1) is 7.07. The van der Waals surface area contributed by atoms with Crippen molar-refractivity contribution in [3.05, 3.63) is 0 Å². The molecule has 54 valence electrons. The fourth-order valence-corrected chi connectivity index (χ4v) is 0.774. The minimum atomic E-state index is -0.266. The van der Waals surface area contributed by atoms with Gasteiger partial charge >= 0.3 is 0 Å². The molecule has 0 aliphatic carbocycles. The summed E-state index contributed by atoms with van der Waals surface area (Å²) in [6.07, 6.45) is 0. The number of hydrogen-bond donors (Lipinski definition) is 0. The molecule has 0 aromatic heterocycles. The Hall–Kier alpha value is -1.04. The average Bonchev–Trinajstić information content (AvgIpc) is 2.34. The minimum Gasteiger partial charge on any atom is -0.477 e. The van der Waals surface area contributed by atoms with Gasteiger partial charge in [-0.2, -0.15) is 5.26 Å². The molecule has 0 aromatic carbocycles. The van der Waals surface area contributed by atoms with E-state index < -0.39 is 0 Å². The highest BCUT2D eigenvalue weighted by atomic mass is 16.5. The van der Waals surface area contributed by atoms with Crippen molar-refractivity contribution in [3.8, 4) is 6.07 Å². The maximum atomic E-state index is 8.43. The Morgan fingerprint density at radius 3 is 2.80 bits per heavy atom. The maximum absolute atomic E-state index is 8.43. The minimum absolute atomic E-state index is 0.266. The third-order valence-corrected chi connectivity index (χ3v) is 1.32. The van der Waals surface area contributed by atoms with Crippen LogP contribution in [0.5, 0.6) is 0 Å². The maximum Gasteiger partial charge on any atom is 0.187 e. The zero-order chi connectivity index (χ0) is 7.56. The molecule has 1 aliphatic heterocycles. The molecular weight excluding hydrogens is 128 g/mol. The Bertz CT molecular complexity index is 190. The van der Waals surface area contributed by atoms with Gasteiger partial charge in [0.15, 0.2) is 11.9 Å². The molecule has 0 spiro atoms. The lowest BCUT2D eigenvalue weighted by Crippen LogP contribution is -2.06. The molecular formula is C7H10N2O. The summed E-state index contributed by atoms with van der Waals surface area (Å²) in [4.78, 5) is 4.04. The second-order valence-electron chi connectivity index (χ2n) is 2.58. The molecule has 1 heterocycles. The Kier molecular flexibility index (Phi) is 1.91. The largest absolute Gasteiger partial charge is 0.477 e. The molecule has 1 atom stereocenters. The van der Waals surface area contributed by atoms with E-state index in [9.17, 15) is 0 Å². The van der Waals surface area contributed by atoms with Crippen molar-refractivity contribution in [2.24, 2.45) is 10.9 Å². The molecule has 0 fully saturated rings. The van der Waals surface area contributed by atoms with Gasteiger partial charge in [0, 0.05) is 5.92 Å². The second kappa shape index (κ2) is 2.70. The van der Waals surface area contributed by atoms with Crippen molar-refractivity contribution in [1.82, 2.24) is 0 Å². The van der Waals surface area contributed by atoms with Crippen LogP contribution in [-0.2, 0) is 4.74 Å². The Balaban J connectivity index is 2.59. The molecule has 1 unspecified atom stereocenters. The predicted molar refractivity (Wildman–Crippen MR) is 37.6 cm³/mol. The molecule has 0 amide bonds.